The maximum Gasteiger partial charge on any atom is 0.221 e. The highest BCUT2D eigenvalue weighted by Gasteiger charge is 2.18. The molecule has 1 heterocycles. The first-order chi connectivity index (χ1) is 9.34. The van der Waals surface area contributed by atoms with Gasteiger partial charge in [-0.15, -0.1) is 0 Å². The Hall–Kier alpha value is -2.09. The van der Waals surface area contributed by atoms with Crippen LogP contribution in [0, 0.1) is 0 Å². The van der Waals surface area contributed by atoms with Crippen molar-refractivity contribution in [1.29, 1.82) is 0 Å². The number of hydrogen-bond donors (Lipinski definition) is 0. The van der Waals surface area contributed by atoms with Crippen LogP contribution in [-0.2, 0) is 13.0 Å². The lowest BCUT2D eigenvalue weighted by atomic mass is 9.89. The molecule has 0 radical (unpaired) electrons. The van der Waals surface area contributed by atoms with E-state index in [2.05, 4.69) is 29.8 Å². The molecule has 19 heavy (non-hydrogen) atoms. The van der Waals surface area contributed by atoms with Crippen LogP contribution in [0.4, 0.5) is 0 Å². The first-order valence-corrected chi connectivity index (χ1v) is 6.67. The van der Waals surface area contributed by atoms with Crippen LogP contribution in [0.5, 0.6) is 5.88 Å². The molecule has 0 saturated heterocycles. The topological polar surface area (TPSA) is 22.1 Å². The Morgan fingerprint density at radius 3 is 2.79 bits per heavy atom. The summed E-state index contributed by atoms with van der Waals surface area (Å²) in [6.45, 7) is 4.70. The summed E-state index contributed by atoms with van der Waals surface area (Å²) in [6.07, 6.45) is 5.14. The SMILES string of the molecule is C=C1CCCc2ccnc(OCc3ccccc3)c21. The van der Waals surface area contributed by atoms with Crippen molar-refractivity contribution in [2.24, 2.45) is 0 Å². The third kappa shape index (κ3) is 2.53. The van der Waals surface area contributed by atoms with Gasteiger partial charge in [0.25, 0.3) is 0 Å². The van der Waals surface area contributed by atoms with Gasteiger partial charge >= 0.3 is 0 Å². The highest BCUT2D eigenvalue weighted by atomic mass is 16.5. The number of hydrogen-bond acceptors (Lipinski definition) is 2. The Morgan fingerprint density at radius 1 is 1.11 bits per heavy atom. The second-order valence-corrected chi connectivity index (χ2v) is 4.88. The zero-order chi connectivity index (χ0) is 13.1. The lowest BCUT2D eigenvalue weighted by Gasteiger charge is -2.20. The van der Waals surface area contributed by atoms with E-state index in [1.165, 1.54) is 12.0 Å². The lowest BCUT2D eigenvalue weighted by Crippen LogP contribution is -2.07. The molecular formula is C17H17NO. The molecule has 1 aromatic heterocycles. The monoisotopic (exact) mass is 251 g/mol. The van der Waals surface area contributed by atoms with Crippen molar-refractivity contribution in [3.8, 4) is 5.88 Å². The summed E-state index contributed by atoms with van der Waals surface area (Å²) in [5, 5.41) is 0. The van der Waals surface area contributed by atoms with Gasteiger partial charge in [-0.05, 0) is 42.0 Å². The molecule has 2 nitrogen and oxygen atoms in total. The van der Waals surface area contributed by atoms with Gasteiger partial charge in [-0.1, -0.05) is 36.9 Å². The summed E-state index contributed by atoms with van der Waals surface area (Å²) >= 11 is 0. The molecule has 2 aromatic rings. The molecule has 0 unspecified atom stereocenters. The number of rotatable bonds is 3. The molecule has 0 amide bonds. The van der Waals surface area contributed by atoms with Crippen LogP contribution in [0.1, 0.15) is 29.5 Å². The van der Waals surface area contributed by atoms with E-state index in [1.54, 1.807) is 0 Å². The van der Waals surface area contributed by atoms with E-state index in [1.807, 2.05) is 24.4 Å². The lowest BCUT2D eigenvalue weighted by molar-refractivity contribution is 0.292. The van der Waals surface area contributed by atoms with Crippen molar-refractivity contribution in [2.45, 2.75) is 25.9 Å². The molecule has 0 aliphatic heterocycles. The molecule has 0 bridgehead atoms. The second kappa shape index (κ2) is 5.27. The molecule has 1 aromatic carbocycles. The van der Waals surface area contributed by atoms with Gasteiger partial charge in [0, 0.05) is 11.8 Å². The first-order valence-electron chi connectivity index (χ1n) is 6.67. The van der Waals surface area contributed by atoms with E-state index in [0.29, 0.717) is 6.61 Å². The van der Waals surface area contributed by atoms with Crippen molar-refractivity contribution in [3.05, 3.63) is 65.9 Å². The molecular weight excluding hydrogens is 234 g/mol. The Balaban J connectivity index is 1.84. The minimum Gasteiger partial charge on any atom is -0.472 e. The molecule has 0 N–H and O–H groups in total. The van der Waals surface area contributed by atoms with Crippen molar-refractivity contribution in [3.63, 3.8) is 0 Å². The van der Waals surface area contributed by atoms with Crippen molar-refractivity contribution < 1.29 is 4.74 Å². The zero-order valence-electron chi connectivity index (χ0n) is 10.9. The molecule has 96 valence electrons. The van der Waals surface area contributed by atoms with Crippen LogP contribution in [0.2, 0.25) is 0 Å². The van der Waals surface area contributed by atoms with Crippen LogP contribution < -0.4 is 4.74 Å². The predicted molar refractivity (Wildman–Crippen MR) is 77.0 cm³/mol. The fourth-order valence-corrected chi connectivity index (χ4v) is 2.52. The molecule has 1 aliphatic rings. The van der Waals surface area contributed by atoms with E-state index in [4.69, 9.17) is 4.74 Å². The van der Waals surface area contributed by atoms with Crippen LogP contribution in [-0.4, -0.2) is 4.98 Å². The van der Waals surface area contributed by atoms with Crippen molar-refractivity contribution in [1.82, 2.24) is 4.98 Å². The normalized spacial score (nSPS) is 14.0. The van der Waals surface area contributed by atoms with Gasteiger partial charge in [-0.25, -0.2) is 4.98 Å². The molecule has 3 rings (SSSR count). The second-order valence-electron chi connectivity index (χ2n) is 4.88. The van der Waals surface area contributed by atoms with E-state index < -0.39 is 0 Å². The minimum absolute atomic E-state index is 0.553. The fraction of sp³-hybridized carbons (Fsp3) is 0.235. The van der Waals surface area contributed by atoms with Crippen molar-refractivity contribution >= 4 is 5.57 Å². The number of allylic oxidation sites excluding steroid dienone is 1. The highest BCUT2D eigenvalue weighted by molar-refractivity contribution is 5.71. The van der Waals surface area contributed by atoms with E-state index in [0.717, 1.165) is 35.4 Å². The molecule has 0 fully saturated rings. The van der Waals surface area contributed by atoms with Gasteiger partial charge in [0.05, 0.1) is 0 Å². The van der Waals surface area contributed by atoms with Crippen molar-refractivity contribution in [2.75, 3.05) is 0 Å². The number of benzene rings is 1. The Bertz CT molecular complexity index is 589. The largest absolute Gasteiger partial charge is 0.472 e. The number of aromatic nitrogens is 1. The van der Waals surface area contributed by atoms with E-state index in [-0.39, 0.29) is 0 Å². The summed E-state index contributed by atoms with van der Waals surface area (Å²) in [5.41, 5.74) is 4.75. The maximum atomic E-state index is 5.89. The quantitative estimate of drug-likeness (QED) is 0.822. The Morgan fingerprint density at radius 2 is 1.95 bits per heavy atom. The molecule has 0 spiro atoms. The van der Waals surface area contributed by atoms with Gasteiger partial charge in [0.2, 0.25) is 5.88 Å². The molecule has 2 heteroatoms. The van der Waals surface area contributed by atoms with Gasteiger partial charge in [0.15, 0.2) is 0 Å². The molecule has 0 saturated carbocycles. The average Bonchev–Trinajstić information content (AvgIpc) is 2.46. The third-order valence-electron chi connectivity index (χ3n) is 3.50. The van der Waals surface area contributed by atoms with Crippen LogP contribution in [0.3, 0.4) is 0 Å². The number of nitrogens with zero attached hydrogens (tertiary/aromatic N) is 1. The highest BCUT2D eigenvalue weighted by Crippen LogP contribution is 2.34. The summed E-state index contributed by atoms with van der Waals surface area (Å²) in [4.78, 5) is 4.37. The number of ether oxygens (including phenoxy) is 1. The third-order valence-corrected chi connectivity index (χ3v) is 3.50. The standard InChI is InChI=1S/C17H17NO/c1-13-6-5-9-15-10-11-18-17(16(13)15)19-12-14-7-3-2-4-8-14/h2-4,7-8,10-11H,1,5-6,9,12H2. The summed E-state index contributed by atoms with van der Waals surface area (Å²) < 4.78 is 5.89. The number of pyridine rings is 1. The van der Waals surface area contributed by atoms with E-state index in [9.17, 15) is 0 Å². The average molecular weight is 251 g/mol. The smallest absolute Gasteiger partial charge is 0.221 e. The predicted octanol–water partition coefficient (Wildman–Crippen LogP) is 4.01. The maximum absolute atomic E-state index is 5.89. The molecule has 0 atom stereocenters. The van der Waals surface area contributed by atoms with Crippen LogP contribution in [0.15, 0.2) is 49.2 Å². The first kappa shape index (κ1) is 12.0. The van der Waals surface area contributed by atoms with Crippen LogP contribution >= 0.6 is 0 Å². The van der Waals surface area contributed by atoms with Gasteiger partial charge in [-0.3, -0.25) is 0 Å². The van der Waals surface area contributed by atoms with E-state index >= 15 is 0 Å². The zero-order valence-corrected chi connectivity index (χ0v) is 10.9. The van der Waals surface area contributed by atoms with Gasteiger partial charge < -0.3 is 4.74 Å². The Kier molecular flexibility index (Phi) is 3.32. The summed E-state index contributed by atoms with van der Waals surface area (Å²) in [5.74, 6) is 0.728. The summed E-state index contributed by atoms with van der Waals surface area (Å²) in [7, 11) is 0. The Labute approximate surface area is 113 Å². The number of aryl methyl sites for hydroxylation is 1. The number of fused-ring (bicyclic) bond motifs is 1. The van der Waals surface area contributed by atoms with Gasteiger partial charge in [-0.2, -0.15) is 0 Å². The molecule has 1 aliphatic carbocycles. The minimum atomic E-state index is 0.553. The fourth-order valence-electron chi connectivity index (χ4n) is 2.52. The summed E-state index contributed by atoms with van der Waals surface area (Å²) in [6, 6.07) is 12.2. The van der Waals surface area contributed by atoms with Gasteiger partial charge in [0.1, 0.15) is 6.61 Å². The van der Waals surface area contributed by atoms with Crippen LogP contribution in [0.25, 0.3) is 5.57 Å².